The number of aromatic nitrogens is 1. The van der Waals surface area contributed by atoms with Crippen molar-refractivity contribution in [1.82, 2.24) is 4.98 Å². The van der Waals surface area contributed by atoms with Crippen LogP contribution >= 0.6 is 22.7 Å². The van der Waals surface area contributed by atoms with Gasteiger partial charge >= 0.3 is 0 Å². The van der Waals surface area contributed by atoms with Gasteiger partial charge in [0, 0.05) is 5.54 Å². The lowest BCUT2D eigenvalue weighted by atomic mass is 10.1. The van der Waals surface area contributed by atoms with Crippen LogP contribution < -0.4 is 10.5 Å². The van der Waals surface area contributed by atoms with E-state index in [4.69, 9.17) is 10.5 Å². The zero-order valence-electron chi connectivity index (χ0n) is 11.4. The van der Waals surface area contributed by atoms with E-state index in [1.165, 1.54) is 4.88 Å². The monoisotopic (exact) mass is 304 g/mol. The topological polar surface area (TPSA) is 48.1 Å². The molecule has 0 unspecified atom stereocenters. The third-order valence-corrected chi connectivity index (χ3v) is 4.76. The Morgan fingerprint density at radius 2 is 2.15 bits per heavy atom. The van der Waals surface area contributed by atoms with E-state index < -0.39 is 0 Å². The van der Waals surface area contributed by atoms with Crippen LogP contribution in [0.25, 0.3) is 20.1 Å². The van der Waals surface area contributed by atoms with E-state index in [9.17, 15) is 0 Å². The fourth-order valence-corrected chi connectivity index (χ4v) is 3.56. The summed E-state index contributed by atoms with van der Waals surface area (Å²) in [6.45, 7) is 4.40. The van der Waals surface area contributed by atoms with Crippen molar-refractivity contribution >= 4 is 32.9 Å². The number of nitrogens with zero attached hydrogens (tertiary/aromatic N) is 1. The van der Waals surface area contributed by atoms with Crippen molar-refractivity contribution in [2.75, 3.05) is 6.61 Å². The Bertz CT molecular complexity index is 711. The summed E-state index contributed by atoms with van der Waals surface area (Å²) in [6.07, 6.45) is 0. The molecule has 0 amide bonds. The molecule has 2 aromatic heterocycles. The number of fused-ring (bicyclic) bond motifs is 1. The molecule has 3 nitrogen and oxygen atoms in total. The van der Waals surface area contributed by atoms with Gasteiger partial charge < -0.3 is 10.5 Å². The number of benzene rings is 1. The molecule has 20 heavy (non-hydrogen) atoms. The summed E-state index contributed by atoms with van der Waals surface area (Å²) >= 11 is 3.40. The van der Waals surface area contributed by atoms with E-state index in [1.54, 1.807) is 22.7 Å². The second-order valence-electron chi connectivity index (χ2n) is 5.40. The second-order valence-corrected chi connectivity index (χ2v) is 7.38. The van der Waals surface area contributed by atoms with Gasteiger partial charge in [-0.3, -0.25) is 0 Å². The van der Waals surface area contributed by atoms with E-state index in [2.05, 4.69) is 16.4 Å². The van der Waals surface area contributed by atoms with E-state index in [0.29, 0.717) is 6.61 Å². The van der Waals surface area contributed by atoms with Crippen molar-refractivity contribution in [2.45, 2.75) is 19.4 Å². The standard InChI is InChI=1S/C15H16N2OS2/c1-15(2,16)9-18-10-5-6-11-13(8-10)20-14(17-11)12-4-3-7-19-12/h3-8H,9,16H2,1-2H3. The van der Waals surface area contributed by atoms with Crippen LogP contribution in [0, 0.1) is 0 Å². The van der Waals surface area contributed by atoms with Crippen LogP contribution in [-0.4, -0.2) is 17.1 Å². The summed E-state index contributed by atoms with van der Waals surface area (Å²) in [6, 6.07) is 10.1. The number of thiophene rings is 1. The number of ether oxygens (including phenoxy) is 1. The minimum Gasteiger partial charge on any atom is -0.492 e. The summed E-state index contributed by atoms with van der Waals surface area (Å²) in [5, 5.41) is 3.13. The van der Waals surface area contributed by atoms with Crippen molar-refractivity contribution < 1.29 is 4.74 Å². The fraction of sp³-hybridized carbons (Fsp3) is 0.267. The highest BCUT2D eigenvalue weighted by Crippen LogP contribution is 2.34. The van der Waals surface area contributed by atoms with Gasteiger partial charge in [-0.25, -0.2) is 4.98 Å². The largest absolute Gasteiger partial charge is 0.492 e. The number of hydrogen-bond donors (Lipinski definition) is 1. The highest BCUT2D eigenvalue weighted by atomic mass is 32.1. The first kappa shape index (κ1) is 13.5. The van der Waals surface area contributed by atoms with Crippen LogP contribution in [0.1, 0.15) is 13.8 Å². The minimum absolute atomic E-state index is 0.329. The molecule has 3 rings (SSSR count). The van der Waals surface area contributed by atoms with Gasteiger partial charge in [0.15, 0.2) is 0 Å². The predicted molar refractivity (Wildman–Crippen MR) is 86.7 cm³/mol. The van der Waals surface area contributed by atoms with Crippen LogP contribution in [0.3, 0.4) is 0 Å². The lowest BCUT2D eigenvalue weighted by molar-refractivity contribution is 0.243. The summed E-state index contributed by atoms with van der Waals surface area (Å²) < 4.78 is 6.87. The third-order valence-electron chi connectivity index (χ3n) is 2.70. The summed E-state index contributed by atoms with van der Waals surface area (Å²) in [7, 11) is 0. The Morgan fingerprint density at radius 3 is 2.85 bits per heavy atom. The van der Waals surface area contributed by atoms with E-state index in [1.807, 2.05) is 38.1 Å². The first-order chi connectivity index (χ1) is 9.51. The van der Waals surface area contributed by atoms with Gasteiger partial charge in [-0.05, 0) is 43.5 Å². The highest BCUT2D eigenvalue weighted by molar-refractivity contribution is 7.25. The summed E-state index contributed by atoms with van der Waals surface area (Å²) in [5.41, 5.74) is 6.61. The molecule has 2 heterocycles. The summed E-state index contributed by atoms with van der Waals surface area (Å²) in [5.74, 6) is 0.845. The minimum atomic E-state index is -0.329. The maximum Gasteiger partial charge on any atom is 0.134 e. The number of thiazole rings is 1. The van der Waals surface area contributed by atoms with E-state index in [0.717, 1.165) is 21.0 Å². The van der Waals surface area contributed by atoms with Gasteiger partial charge in [-0.2, -0.15) is 0 Å². The molecule has 3 aromatic rings. The van der Waals surface area contributed by atoms with Gasteiger partial charge in [-0.1, -0.05) is 6.07 Å². The van der Waals surface area contributed by atoms with Crippen LogP contribution in [0.4, 0.5) is 0 Å². The molecule has 0 aliphatic rings. The molecule has 0 bridgehead atoms. The molecule has 2 N–H and O–H groups in total. The maximum absolute atomic E-state index is 5.93. The quantitative estimate of drug-likeness (QED) is 0.788. The zero-order chi connectivity index (χ0) is 14.2. The highest BCUT2D eigenvalue weighted by Gasteiger charge is 2.12. The molecule has 5 heteroatoms. The molecule has 0 fully saturated rings. The third kappa shape index (κ3) is 3.00. The van der Waals surface area contributed by atoms with Gasteiger partial charge in [0.05, 0.1) is 15.1 Å². The first-order valence-corrected chi connectivity index (χ1v) is 8.07. The smallest absolute Gasteiger partial charge is 0.134 e. The van der Waals surface area contributed by atoms with Crippen molar-refractivity contribution in [3.8, 4) is 15.6 Å². The lowest BCUT2D eigenvalue weighted by Crippen LogP contribution is -2.38. The molecule has 1 aromatic carbocycles. The Morgan fingerprint density at radius 1 is 1.30 bits per heavy atom. The normalized spacial score (nSPS) is 11.9. The molecule has 0 atom stereocenters. The Labute approximate surface area is 126 Å². The Hall–Kier alpha value is -1.43. The number of hydrogen-bond acceptors (Lipinski definition) is 5. The molecule has 0 spiro atoms. The van der Waals surface area contributed by atoms with Crippen LogP contribution in [0.2, 0.25) is 0 Å². The fourth-order valence-electron chi connectivity index (χ4n) is 1.77. The first-order valence-electron chi connectivity index (χ1n) is 6.37. The van der Waals surface area contributed by atoms with Gasteiger partial charge in [0.1, 0.15) is 17.4 Å². The van der Waals surface area contributed by atoms with Gasteiger partial charge in [0.2, 0.25) is 0 Å². The van der Waals surface area contributed by atoms with Crippen molar-refractivity contribution in [3.63, 3.8) is 0 Å². The number of rotatable bonds is 4. The molecular formula is C15H16N2OS2. The summed E-state index contributed by atoms with van der Waals surface area (Å²) in [4.78, 5) is 5.86. The van der Waals surface area contributed by atoms with Crippen molar-refractivity contribution in [1.29, 1.82) is 0 Å². The Balaban J connectivity index is 1.88. The predicted octanol–water partition coefficient (Wildman–Crippen LogP) is 4.14. The Kier molecular flexibility index (Phi) is 3.50. The molecule has 104 valence electrons. The van der Waals surface area contributed by atoms with Gasteiger partial charge in [0.25, 0.3) is 0 Å². The average Bonchev–Trinajstić information content (AvgIpc) is 3.03. The molecule has 0 saturated heterocycles. The van der Waals surface area contributed by atoms with Crippen LogP contribution in [0.15, 0.2) is 35.7 Å². The number of nitrogens with two attached hydrogens (primary N) is 1. The van der Waals surface area contributed by atoms with Gasteiger partial charge in [-0.15, -0.1) is 22.7 Å². The van der Waals surface area contributed by atoms with Crippen LogP contribution in [0.5, 0.6) is 5.75 Å². The van der Waals surface area contributed by atoms with Crippen LogP contribution in [-0.2, 0) is 0 Å². The molecule has 0 saturated carbocycles. The molecule has 0 aliphatic heterocycles. The average molecular weight is 304 g/mol. The maximum atomic E-state index is 5.93. The lowest BCUT2D eigenvalue weighted by Gasteiger charge is -2.18. The van der Waals surface area contributed by atoms with Crippen molar-refractivity contribution in [3.05, 3.63) is 35.7 Å². The van der Waals surface area contributed by atoms with Crippen molar-refractivity contribution in [2.24, 2.45) is 5.73 Å². The molecule has 0 radical (unpaired) electrons. The SMILES string of the molecule is CC(C)(N)COc1ccc2nc(-c3cccs3)sc2c1. The molecule has 0 aliphatic carbocycles. The van der Waals surface area contributed by atoms with E-state index in [-0.39, 0.29) is 5.54 Å². The second kappa shape index (κ2) is 5.16. The zero-order valence-corrected chi connectivity index (χ0v) is 13.1. The van der Waals surface area contributed by atoms with E-state index >= 15 is 0 Å². The molecular weight excluding hydrogens is 288 g/mol.